The van der Waals surface area contributed by atoms with E-state index in [0.717, 1.165) is 12.8 Å². The fourth-order valence-corrected chi connectivity index (χ4v) is 4.72. The number of amides is 1. The van der Waals surface area contributed by atoms with Crippen molar-refractivity contribution in [3.8, 4) is 0 Å². The molecule has 0 aromatic heterocycles. The highest BCUT2D eigenvalue weighted by atomic mass is 79.9. The maximum atomic E-state index is 12.3. The summed E-state index contributed by atoms with van der Waals surface area (Å²) in [7, 11) is 0. The topological polar surface area (TPSA) is 29.3 Å². The molecule has 1 saturated carbocycles. The molecule has 0 unspecified atom stereocenters. The third kappa shape index (κ3) is 2.11. The van der Waals surface area contributed by atoms with Crippen LogP contribution in [-0.4, -0.2) is 37.3 Å². The van der Waals surface area contributed by atoms with Gasteiger partial charge in [-0.15, -0.1) is 0 Å². The molecule has 1 heterocycles. The molecule has 1 saturated heterocycles. The van der Waals surface area contributed by atoms with Gasteiger partial charge in [0.2, 0.25) is 0 Å². The second-order valence-electron chi connectivity index (χ2n) is 6.80. The molecule has 0 aromatic rings. The van der Waals surface area contributed by atoms with Crippen LogP contribution in [0.2, 0.25) is 0 Å². The highest BCUT2D eigenvalue weighted by Gasteiger charge is 2.74. The molecule has 0 aromatic carbocycles. The second kappa shape index (κ2) is 4.11. The third-order valence-corrected chi connectivity index (χ3v) is 6.88. The van der Waals surface area contributed by atoms with Gasteiger partial charge in [-0.05, 0) is 47.5 Å². The van der Waals surface area contributed by atoms with E-state index in [1.165, 1.54) is 0 Å². The highest BCUT2D eigenvalue weighted by Crippen LogP contribution is 2.62. The van der Waals surface area contributed by atoms with E-state index in [1.807, 2.05) is 25.7 Å². The summed E-state index contributed by atoms with van der Waals surface area (Å²) < 4.78 is 5.51. The molecule has 2 fully saturated rings. The number of halogens is 2. The number of hydrogen-bond donors (Lipinski definition) is 0. The zero-order valence-electron chi connectivity index (χ0n) is 11.6. The Morgan fingerprint density at radius 3 is 1.89 bits per heavy atom. The monoisotopic (exact) mass is 381 g/mol. The van der Waals surface area contributed by atoms with E-state index >= 15 is 0 Å². The second-order valence-corrected chi connectivity index (χ2v) is 9.16. The Kier molecular flexibility index (Phi) is 3.34. The lowest BCUT2D eigenvalue weighted by atomic mass is 9.82. The van der Waals surface area contributed by atoms with Gasteiger partial charge in [-0.25, -0.2) is 4.79 Å². The van der Waals surface area contributed by atoms with E-state index < -0.39 is 5.60 Å². The molecule has 104 valence electrons. The van der Waals surface area contributed by atoms with Crippen LogP contribution < -0.4 is 0 Å². The summed E-state index contributed by atoms with van der Waals surface area (Å²) in [5.41, 5.74) is -0.585. The lowest BCUT2D eigenvalue weighted by Crippen LogP contribution is -2.36. The average Bonchev–Trinajstić information content (AvgIpc) is 2.59. The zero-order chi connectivity index (χ0) is 13.9. The predicted octanol–water partition coefficient (Wildman–Crippen LogP) is 4.08. The lowest BCUT2D eigenvalue weighted by Gasteiger charge is -2.28. The summed E-state index contributed by atoms with van der Waals surface area (Å²) in [5.74, 6) is 0. The number of ether oxygens (including phenoxy) is 1. The first-order chi connectivity index (χ1) is 8.01. The van der Waals surface area contributed by atoms with Crippen molar-refractivity contribution in [3.05, 3.63) is 0 Å². The van der Waals surface area contributed by atoms with Crippen molar-refractivity contribution in [2.24, 2.45) is 0 Å². The van der Waals surface area contributed by atoms with Crippen molar-refractivity contribution in [1.29, 1.82) is 0 Å². The maximum Gasteiger partial charge on any atom is 0.411 e. The highest BCUT2D eigenvalue weighted by molar-refractivity contribution is 9.12. The number of carbonyl (C=O) groups excluding carboxylic acids is 1. The Morgan fingerprint density at radius 2 is 1.56 bits per heavy atom. The van der Waals surface area contributed by atoms with Gasteiger partial charge in [0.05, 0.1) is 11.1 Å². The Balaban J connectivity index is 2.15. The Morgan fingerprint density at radius 1 is 1.17 bits per heavy atom. The van der Waals surface area contributed by atoms with Gasteiger partial charge in [0, 0.05) is 9.65 Å². The average molecular weight is 383 g/mol. The molecule has 1 aliphatic heterocycles. The van der Waals surface area contributed by atoms with Crippen molar-refractivity contribution in [3.63, 3.8) is 0 Å². The molecule has 4 atom stereocenters. The minimum Gasteiger partial charge on any atom is -0.444 e. The summed E-state index contributed by atoms with van der Waals surface area (Å²) >= 11 is 7.38. The summed E-state index contributed by atoms with van der Waals surface area (Å²) in [4.78, 5) is 15.0. The van der Waals surface area contributed by atoms with Crippen LogP contribution >= 0.6 is 31.9 Å². The van der Waals surface area contributed by atoms with Crippen molar-refractivity contribution < 1.29 is 9.53 Å². The van der Waals surface area contributed by atoms with Gasteiger partial charge in [-0.1, -0.05) is 31.9 Å². The van der Waals surface area contributed by atoms with Crippen LogP contribution in [0.25, 0.3) is 0 Å². The molecule has 18 heavy (non-hydrogen) atoms. The first-order valence-electron chi connectivity index (χ1n) is 6.33. The van der Waals surface area contributed by atoms with Crippen LogP contribution in [0, 0.1) is 0 Å². The van der Waals surface area contributed by atoms with Crippen molar-refractivity contribution >= 4 is 38.0 Å². The van der Waals surface area contributed by atoms with Crippen molar-refractivity contribution in [1.82, 2.24) is 4.90 Å². The number of hydrogen-bond acceptors (Lipinski definition) is 2. The number of likely N-dealkylation sites (tertiary alicyclic amines) is 1. The van der Waals surface area contributed by atoms with Crippen molar-refractivity contribution in [2.75, 3.05) is 0 Å². The molecular weight excluding hydrogens is 362 g/mol. The number of nitrogens with zero attached hydrogens (tertiary/aromatic N) is 1. The normalized spacial score (nSPS) is 43.4. The smallest absolute Gasteiger partial charge is 0.411 e. The van der Waals surface area contributed by atoms with Crippen LogP contribution in [0.1, 0.15) is 47.5 Å². The summed E-state index contributed by atoms with van der Waals surface area (Å²) in [6.07, 6.45) is 1.73. The van der Waals surface area contributed by atoms with Gasteiger partial charge in [-0.2, -0.15) is 0 Å². The predicted molar refractivity (Wildman–Crippen MR) is 79.5 cm³/mol. The molecule has 1 amide bonds. The van der Waals surface area contributed by atoms with Gasteiger partial charge < -0.3 is 4.74 Å². The van der Waals surface area contributed by atoms with E-state index in [1.54, 1.807) is 0 Å². The number of alkyl halides is 2. The SMILES string of the molecule is CC(C)(C)OC(=O)N1[C@]2(C)C[C@H](Br)[C@@H](Br)C[C@]12C. The minimum atomic E-state index is -0.433. The molecular formula is C13H21Br2NO2. The Labute approximate surface area is 126 Å². The molecule has 3 nitrogen and oxygen atoms in total. The first kappa shape index (κ1) is 14.6. The third-order valence-electron chi connectivity index (χ3n) is 4.25. The number of fused-ring (bicyclic) bond motifs is 1. The molecule has 5 heteroatoms. The minimum absolute atomic E-state index is 0.0756. The van der Waals surface area contributed by atoms with Gasteiger partial charge >= 0.3 is 6.09 Å². The summed E-state index contributed by atoms with van der Waals surface area (Å²) in [6, 6.07) is 0. The van der Waals surface area contributed by atoms with E-state index in [0.29, 0.717) is 9.65 Å². The van der Waals surface area contributed by atoms with Crippen molar-refractivity contribution in [2.45, 2.75) is 73.8 Å². The van der Waals surface area contributed by atoms with Gasteiger partial charge in [-0.3, -0.25) is 4.90 Å². The maximum absolute atomic E-state index is 12.3. The molecule has 2 aliphatic rings. The van der Waals surface area contributed by atoms with Gasteiger partial charge in [0.15, 0.2) is 0 Å². The van der Waals surface area contributed by atoms with Crippen LogP contribution in [-0.2, 0) is 4.74 Å². The van der Waals surface area contributed by atoms with E-state index in [-0.39, 0.29) is 17.2 Å². The standard InChI is InChI=1S/C13H21Br2NO2/c1-11(2,3)18-10(17)16-12(4)6-8(14)9(15)7-13(12,16)5/h8-9H,6-7H2,1-5H3/t8-,9-,12-,13+,16?/m0/s1. The number of rotatable bonds is 0. The first-order valence-corrected chi connectivity index (χ1v) is 8.16. The summed E-state index contributed by atoms with van der Waals surface area (Å²) in [5, 5.41) is 0. The molecule has 1 aliphatic carbocycles. The Bertz CT molecular complexity index is 360. The van der Waals surface area contributed by atoms with Crippen LogP contribution in [0.3, 0.4) is 0 Å². The van der Waals surface area contributed by atoms with E-state index in [9.17, 15) is 4.79 Å². The van der Waals surface area contributed by atoms with E-state index in [4.69, 9.17) is 4.74 Å². The molecule has 0 radical (unpaired) electrons. The fourth-order valence-electron chi connectivity index (χ4n) is 3.08. The molecule has 0 bridgehead atoms. The van der Waals surface area contributed by atoms with Gasteiger partial charge in [0.1, 0.15) is 5.60 Å². The molecule has 0 spiro atoms. The van der Waals surface area contributed by atoms with Crippen LogP contribution in [0.15, 0.2) is 0 Å². The Hall–Kier alpha value is 0.230. The fraction of sp³-hybridized carbons (Fsp3) is 0.923. The zero-order valence-corrected chi connectivity index (χ0v) is 14.8. The quantitative estimate of drug-likeness (QED) is 0.466. The van der Waals surface area contributed by atoms with Crippen LogP contribution in [0.4, 0.5) is 4.79 Å². The summed E-state index contributed by atoms with van der Waals surface area (Å²) in [6.45, 7) is 10.0. The molecule has 0 N–H and O–H groups in total. The van der Waals surface area contributed by atoms with Crippen LogP contribution in [0.5, 0.6) is 0 Å². The number of carbonyl (C=O) groups is 1. The van der Waals surface area contributed by atoms with E-state index in [2.05, 4.69) is 45.7 Å². The molecule has 2 rings (SSSR count). The van der Waals surface area contributed by atoms with Gasteiger partial charge in [0.25, 0.3) is 0 Å². The largest absolute Gasteiger partial charge is 0.444 e. The lowest BCUT2D eigenvalue weighted by molar-refractivity contribution is 0.0358.